The molecule has 1 aliphatic heterocycles. The number of carbonyl (C=O) groups excluding carboxylic acids is 1. The van der Waals surface area contributed by atoms with Crippen molar-refractivity contribution >= 4 is 11.9 Å². The van der Waals surface area contributed by atoms with Gasteiger partial charge in [-0.05, 0) is 18.9 Å². The van der Waals surface area contributed by atoms with Crippen molar-refractivity contribution in [2.45, 2.75) is 25.9 Å². The molecule has 0 aromatic heterocycles. The summed E-state index contributed by atoms with van der Waals surface area (Å²) >= 11 is 0. The highest BCUT2D eigenvalue weighted by molar-refractivity contribution is 5.79. The van der Waals surface area contributed by atoms with Crippen LogP contribution in [0.1, 0.15) is 17.5 Å². The van der Waals surface area contributed by atoms with Gasteiger partial charge in [-0.15, -0.1) is 0 Å². The highest BCUT2D eigenvalue weighted by Gasteiger charge is 2.53. The van der Waals surface area contributed by atoms with E-state index in [2.05, 4.69) is 0 Å². The lowest BCUT2D eigenvalue weighted by Crippen LogP contribution is -2.34. The molecule has 0 aliphatic carbocycles. The van der Waals surface area contributed by atoms with Crippen LogP contribution in [0.15, 0.2) is 24.3 Å². The smallest absolute Gasteiger partial charge is 0.394 e. The molecule has 0 unspecified atom stereocenters. The SMILES string of the molecule is Cc1ccc(CCC(=O)N2C[C@@H](C(F)(F)F)[C@H](C(=O)O)C2)cc1. The van der Waals surface area contributed by atoms with E-state index in [1.54, 1.807) is 0 Å². The number of aryl methyl sites for hydroxylation is 2. The number of aliphatic carboxylic acids is 1. The van der Waals surface area contributed by atoms with Gasteiger partial charge in [0.2, 0.25) is 5.91 Å². The molecule has 1 aromatic carbocycles. The van der Waals surface area contributed by atoms with Crippen molar-refractivity contribution in [2.24, 2.45) is 11.8 Å². The van der Waals surface area contributed by atoms with Crippen molar-refractivity contribution < 1.29 is 27.9 Å². The maximum atomic E-state index is 12.9. The van der Waals surface area contributed by atoms with Crippen molar-refractivity contribution in [2.75, 3.05) is 13.1 Å². The predicted molar refractivity (Wildman–Crippen MR) is 76.8 cm³/mol. The van der Waals surface area contributed by atoms with Crippen molar-refractivity contribution in [3.63, 3.8) is 0 Å². The van der Waals surface area contributed by atoms with Gasteiger partial charge in [0.1, 0.15) is 0 Å². The second-order valence-electron chi connectivity index (χ2n) is 5.88. The van der Waals surface area contributed by atoms with Gasteiger partial charge in [-0.25, -0.2) is 0 Å². The Hall–Kier alpha value is -2.05. The van der Waals surface area contributed by atoms with Crippen LogP contribution in [-0.2, 0) is 16.0 Å². The molecule has 2 atom stereocenters. The van der Waals surface area contributed by atoms with Gasteiger partial charge in [-0.3, -0.25) is 9.59 Å². The van der Waals surface area contributed by atoms with Gasteiger partial charge in [0.25, 0.3) is 0 Å². The van der Waals surface area contributed by atoms with E-state index < -0.39 is 36.4 Å². The van der Waals surface area contributed by atoms with E-state index >= 15 is 0 Å². The molecule has 2 rings (SSSR count). The third-order valence-electron chi connectivity index (χ3n) is 4.16. The van der Waals surface area contributed by atoms with Crippen LogP contribution in [-0.4, -0.2) is 41.1 Å². The predicted octanol–water partition coefficient (Wildman–Crippen LogP) is 2.65. The molecule has 23 heavy (non-hydrogen) atoms. The van der Waals surface area contributed by atoms with E-state index in [0.717, 1.165) is 16.0 Å². The normalized spacial score (nSPS) is 21.5. The maximum absolute atomic E-state index is 12.9. The number of nitrogens with zero attached hydrogens (tertiary/aromatic N) is 1. The Balaban J connectivity index is 1.97. The molecule has 1 amide bonds. The molecule has 0 radical (unpaired) electrons. The third kappa shape index (κ3) is 4.24. The van der Waals surface area contributed by atoms with E-state index in [-0.39, 0.29) is 13.0 Å². The number of benzene rings is 1. The van der Waals surface area contributed by atoms with E-state index in [1.165, 1.54) is 0 Å². The van der Waals surface area contributed by atoms with Crippen LogP contribution in [0.4, 0.5) is 13.2 Å². The Morgan fingerprint density at radius 3 is 2.30 bits per heavy atom. The standard InChI is InChI=1S/C16H18F3NO3/c1-10-2-4-11(5-3-10)6-7-14(21)20-8-12(15(22)23)13(9-20)16(17,18)19/h2-5,12-13H,6-9H2,1H3,(H,22,23)/t12-,13-/m1/s1. The fraction of sp³-hybridized carbons (Fsp3) is 0.500. The Morgan fingerprint density at radius 1 is 1.22 bits per heavy atom. The lowest BCUT2D eigenvalue weighted by atomic mass is 9.96. The molecule has 7 heteroatoms. The number of carboxylic acids is 1. The Morgan fingerprint density at radius 2 is 1.83 bits per heavy atom. The summed E-state index contributed by atoms with van der Waals surface area (Å²) in [7, 11) is 0. The number of carboxylic acid groups (broad SMARTS) is 1. The number of alkyl halides is 3. The number of amides is 1. The molecule has 1 aliphatic rings. The van der Waals surface area contributed by atoms with E-state index in [1.807, 2.05) is 31.2 Å². The molecule has 1 N–H and O–H groups in total. The summed E-state index contributed by atoms with van der Waals surface area (Å²) in [6.45, 7) is 0.974. The van der Waals surface area contributed by atoms with E-state index in [0.29, 0.717) is 6.42 Å². The summed E-state index contributed by atoms with van der Waals surface area (Å²) in [5.41, 5.74) is 2.00. The largest absolute Gasteiger partial charge is 0.481 e. The highest BCUT2D eigenvalue weighted by Crippen LogP contribution is 2.37. The molecule has 1 saturated heterocycles. The zero-order chi connectivity index (χ0) is 17.2. The Bertz CT molecular complexity index is 583. The minimum absolute atomic E-state index is 0.0694. The molecule has 126 valence electrons. The van der Waals surface area contributed by atoms with Gasteiger partial charge >= 0.3 is 12.1 Å². The van der Waals surface area contributed by atoms with Crippen molar-refractivity contribution in [1.29, 1.82) is 0 Å². The van der Waals surface area contributed by atoms with Crippen LogP contribution in [0.5, 0.6) is 0 Å². The van der Waals surface area contributed by atoms with Crippen LogP contribution < -0.4 is 0 Å². The van der Waals surface area contributed by atoms with Crippen LogP contribution in [0.3, 0.4) is 0 Å². The molecular weight excluding hydrogens is 311 g/mol. The average molecular weight is 329 g/mol. The fourth-order valence-corrected chi connectivity index (χ4v) is 2.75. The van der Waals surface area contributed by atoms with Crippen molar-refractivity contribution in [1.82, 2.24) is 4.90 Å². The minimum Gasteiger partial charge on any atom is -0.481 e. The minimum atomic E-state index is -4.62. The lowest BCUT2D eigenvalue weighted by molar-refractivity contribution is -0.188. The van der Waals surface area contributed by atoms with Crippen molar-refractivity contribution in [3.8, 4) is 0 Å². The second kappa shape index (κ2) is 6.60. The quantitative estimate of drug-likeness (QED) is 0.924. The summed E-state index contributed by atoms with van der Waals surface area (Å²) in [5, 5.41) is 8.94. The van der Waals surface area contributed by atoms with Crippen molar-refractivity contribution in [3.05, 3.63) is 35.4 Å². The number of hydrogen-bond donors (Lipinski definition) is 1. The number of carbonyl (C=O) groups is 2. The molecule has 0 bridgehead atoms. The van der Waals surface area contributed by atoms with Crippen LogP contribution in [0.2, 0.25) is 0 Å². The Kier molecular flexibility index (Phi) is 4.97. The van der Waals surface area contributed by atoms with Gasteiger partial charge in [0.05, 0.1) is 11.8 Å². The van der Waals surface area contributed by atoms with Gasteiger partial charge in [0.15, 0.2) is 0 Å². The lowest BCUT2D eigenvalue weighted by Gasteiger charge is -2.18. The molecule has 4 nitrogen and oxygen atoms in total. The fourth-order valence-electron chi connectivity index (χ4n) is 2.75. The first kappa shape index (κ1) is 17.3. The van der Waals surface area contributed by atoms with Gasteiger partial charge in [0, 0.05) is 19.5 Å². The van der Waals surface area contributed by atoms with Crippen LogP contribution in [0.25, 0.3) is 0 Å². The first-order chi connectivity index (χ1) is 10.7. The molecular formula is C16H18F3NO3. The summed E-state index contributed by atoms with van der Waals surface area (Å²) in [4.78, 5) is 24.1. The van der Waals surface area contributed by atoms with Crippen LogP contribution in [0, 0.1) is 18.8 Å². The number of halogens is 3. The monoisotopic (exact) mass is 329 g/mol. The molecule has 0 saturated carbocycles. The van der Waals surface area contributed by atoms with Gasteiger partial charge in [-0.2, -0.15) is 13.2 Å². The summed E-state index contributed by atoms with van der Waals surface area (Å²) in [6, 6.07) is 7.53. The van der Waals surface area contributed by atoms with Gasteiger partial charge in [-0.1, -0.05) is 29.8 Å². The molecule has 1 aromatic rings. The Labute approximate surface area is 131 Å². The highest BCUT2D eigenvalue weighted by atomic mass is 19.4. The molecule has 0 spiro atoms. The zero-order valence-electron chi connectivity index (χ0n) is 12.6. The summed E-state index contributed by atoms with van der Waals surface area (Å²) in [6.07, 6.45) is -4.13. The average Bonchev–Trinajstić information content (AvgIpc) is 2.92. The van der Waals surface area contributed by atoms with Crippen LogP contribution >= 0.6 is 0 Å². The van der Waals surface area contributed by atoms with E-state index in [4.69, 9.17) is 5.11 Å². The molecule has 1 fully saturated rings. The summed E-state index contributed by atoms with van der Waals surface area (Å²) < 4.78 is 38.7. The number of likely N-dealkylation sites (tertiary alicyclic amines) is 1. The third-order valence-corrected chi connectivity index (χ3v) is 4.16. The first-order valence-corrected chi connectivity index (χ1v) is 7.31. The topological polar surface area (TPSA) is 57.6 Å². The second-order valence-corrected chi connectivity index (χ2v) is 5.88. The maximum Gasteiger partial charge on any atom is 0.394 e. The van der Waals surface area contributed by atoms with Gasteiger partial charge < -0.3 is 10.0 Å². The summed E-state index contributed by atoms with van der Waals surface area (Å²) in [5.74, 6) is -5.54. The molecule has 1 heterocycles. The number of hydrogen-bond acceptors (Lipinski definition) is 2. The van der Waals surface area contributed by atoms with E-state index in [9.17, 15) is 22.8 Å². The first-order valence-electron chi connectivity index (χ1n) is 7.31. The zero-order valence-corrected chi connectivity index (χ0v) is 12.6. The number of rotatable bonds is 4.